The van der Waals surface area contributed by atoms with Gasteiger partial charge in [0.15, 0.2) is 0 Å². The third kappa shape index (κ3) is 5.53. The number of hydrogen-bond donors (Lipinski definition) is 4. The molecule has 6 N–H and O–H groups in total. The summed E-state index contributed by atoms with van der Waals surface area (Å²) in [6, 6.07) is 0. The van der Waals surface area contributed by atoms with Crippen LogP contribution in [0.2, 0.25) is 0 Å². The first kappa shape index (κ1) is 12.9. The monoisotopic (exact) mass is 202 g/mol. The summed E-state index contributed by atoms with van der Waals surface area (Å²) in [5.74, 6) is -0.272. The molecule has 0 fully saturated rings. The van der Waals surface area contributed by atoms with Crippen molar-refractivity contribution in [1.82, 2.24) is 0 Å². The van der Waals surface area contributed by atoms with Gasteiger partial charge in [-0.25, -0.2) is 0 Å². The van der Waals surface area contributed by atoms with Gasteiger partial charge in [-0.05, 0) is 26.2 Å². The van der Waals surface area contributed by atoms with Gasteiger partial charge in [0.05, 0.1) is 6.54 Å². The average Bonchev–Trinajstić information content (AvgIpc) is 2.02. The molecule has 14 heavy (non-hydrogen) atoms. The second-order valence-corrected chi connectivity index (χ2v) is 3.79. The first-order chi connectivity index (χ1) is 6.36. The molecule has 0 aromatic rings. The number of carbonyl (C=O) groups is 1. The zero-order chi connectivity index (χ0) is 11.2. The van der Waals surface area contributed by atoms with Gasteiger partial charge in [0.1, 0.15) is 5.54 Å². The summed E-state index contributed by atoms with van der Waals surface area (Å²) in [6.07, 6.45) is 2.13. The molecular weight excluding hydrogens is 182 g/mol. The van der Waals surface area contributed by atoms with Gasteiger partial charge in [-0.2, -0.15) is 0 Å². The summed E-state index contributed by atoms with van der Waals surface area (Å²) in [5, 5.41) is 8.72. The van der Waals surface area contributed by atoms with E-state index in [0.29, 0.717) is 12.3 Å². The van der Waals surface area contributed by atoms with E-state index in [9.17, 15) is 4.79 Å². The molecule has 82 valence electrons. The first-order valence-corrected chi connectivity index (χ1v) is 4.71. The molecule has 1 unspecified atom stereocenters. The highest BCUT2D eigenvalue weighted by Gasteiger charge is 2.26. The van der Waals surface area contributed by atoms with Gasteiger partial charge in [0.25, 0.3) is 0 Å². The molecule has 1 atom stereocenters. The van der Waals surface area contributed by atoms with Crippen LogP contribution in [0, 0.1) is 0 Å². The number of nitrogens with one attached hydrogen (secondary N) is 1. The van der Waals surface area contributed by atoms with Crippen LogP contribution in [0.5, 0.6) is 0 Å². The van der Waals surface area contributed by atoms with Crippen LogP contribution >= 0.6 is 0 Å². The van der Waals surface area contributed by atoms with E-state index in [2.05, 4.69) is 4.99 Å². The van der Waals surface area contributed by atoms with E-state index in [0.717, 1.165) is 19.4 Å². The standard InChI is InChI=1S/C9H19N3O2/c1-7(10)12-6-4-3-5-9(2,11)8(13)14/h3-6,11H2,1-2H3,(H2,10,12)(H,13,14)/p+1. The van der Waals surface area contributed by atoms with Gasteiger partial charge in [-0.3, -0.25) is 15.5 Å². The van der Waals surface area contributed by atoms with Crippen LogP contribution in [-0.2, 0) is 4.79 Å². The summed E-state index contributed by atoms with van der Waals surface area (Å²) in [7, 11) is 0. The van der Waals surface area contributed by atoms with E-state index in [-0.39, 0.29) is 0 Å². The van der Waals surface area contributed by atoms with Crippen LogP contribution in [0.25, 0.3) is 0 Å². The van der Waals surface area contributed by atoms with E-state index in [1.54, 1.807) is 6.92 Å². The highest BCUT2D eigenvalue weighted by Crippen LogP contribution is 2.09. The molecule has 0 spiro atoms. The lowest BCUT2D eigenvalue weighted by Crippen LogP contribution is -2.74. The van der Waals surface area contributed by atoms with E-state index in [1.165, 1.54) is 6.92 Å². The molecular formula is C9H20N3O2+. The minimum absolute atomic E-state index is 0.480. The van der Waals surface area contributed by atoms with Crippen LogP contribution in [0.3, 0.4) is 0 Å². The Labute approximate surface area is 84.2 Å². The zero-order valence-electron chi connectivity index (χ0n) is 8.84. The molecule has 0 radical (unpaired) electrons. The van der Waals surface area contributed by atoms with Crippen LogP contribution in [0.15, 0.2) is 0 Å². The fourth-order valence-corrected chi connectivity index (χ4v) is 1.01. The molecule has 0 saturated carbocycles. The van der Waals surface area contributed by atoms with Gasteiger partial charge < -0.3 is 10.8 Å². The molecule has 0 aromatic heterocycles. The minimum Gasteiger partial charge on any atom is -0.480 e. The second kappa shape index (κ2) is 5.59. The number of rotatable bonds is 6. The van der Waals surface area contributed by atoms with E-state index in [1.807, 2.05) is 0 Å². The van der Waals surface area contributed by atoms with Crippen molar-refractivity contribution in [1.29, 1.82) is 0 Å². The Morgan fingerprint density at radius 3 is 2.50 bits per heavy atom. The molecule has 0 amide bonds. The number of nitrogens with two attached hydrogens (primary N) is 2. The van der Waals surface area contributed by atoms with Crippen LogP contribution < -0.4 is 16.5 Å². The van der Waals surface area contributed by atoms with Gasteiger partial charge in [-0.1, -0.05) is 0 Å². The van der Waals surface area contributed by atoms with Gasteiger partial charge in [-0.15, -0.1) is 0 Å². The van der Waals surface area contributed by atoms with Crippen molar-refractivity contribution in [2.75, 3.05) is 6.54 Å². The van der Waals surface area contributed by atoms with Gasteiger partial charge >= 0.3 is 5.97 Å². The Morgan fingerprint density at radius 1 is 1.50 bits per heavy atom. The second-order valence-electron chi connectivity index (χ2n) is 3.79. The molecule has 0 saturated heterocycles. The Kier molecular flexibility index (Phi) is 5.15. The lowest BCUT2D eigenvalue weighted by Gasteiger charge is -2.18. The molecule has 5 nitrogen and oxygen atoms in total. The summed E-state index contributed by atoms with van der Waals surface area (Å²) in [6.45, 7) is 4.07. The van der Waals surface area contributed by atoms with Crippen LogP contribution in [0.4, 0.5) is 0 Å². The maximum absolute atomic E-state index is 10.6. The topological polar surface area (TPSA) is 103 Å². The SMILES string of the molecule is CC(N)=[NH+]CCCCC(C)(N)C(=O)O. The highest BCUT2D eigenvalue weighted by molar-refractivity contribution is 5.77. The number of unbranched alkanes of at least 4 members (excludes halogenated alkanes) is 1. The zero-order valence-corrected chi connectivity index (χ0v) is 8.84. The number of carboxylic acid groups (broad SMARTS) is 1. The molecule has 0 aliphatic heterocycles. The molecule has 0 heterocycles. The molecule has 0 aromatic carbocycles. The van der Waals surface area contributed by atoms with Crippen molar-refractivity contribution in [2.24, 2.45) is 11.5 Å². The fraction of sp³-hybridized carbons (Fsp3) is 0.778. The largest absolute Gasteiger partial charge is 0.480 e. The number of aliphatic carboxylic acids is 1. The van der Waals surface area contributed by atoms with E-state index >= 15 is 0 Å². The number of carboxylic acids is 1. The Morgan fingerprint density at radius 2 is 2.07 bits per heavy atom. The third-order valence-corrected chi connectivity index (χ3v) is 2.02. The quantitative estimate of drug-likeness (QED) is 0.237. The van der Waals surface area contributed by atoms with Crippen molar-refractivity contribution in [2.45, 2.75) is 38.6 Å². The Balaban J connectivity index is 3.65. The summed E-state index contributed by atoms with van der Waals surface area (Å²) in [4.78, 5) is 13.6. The summed E-state index contributed by atoms with van der Waals surface area (Å²) >= 11 is 0. The fourth-order valence-electron chi connectivity index (χ4n) is 1.01. The van der Waals surface area contributed by atoms with Gasteiger partial charge in [0, 0.05) is 6.92 Å². The average molecular weight is 202 g/mol. The maximum atomic E-state index is 10.6. The van der Waals surface area contributed by atoms with E-state index in [4.69, 9.17) is 16.6 Å². The third-order valence-electron chi connectivity index (χ3n) is 2.02. The van der Waals surface area contributed by atoms with Crippen molar-refractivity contribution < 1.29 is 14.9 Å². The van der Waals surface area contributed by atoms with Crippen molar-refractivity contribution in [3.05, 3.63) is 0 Å². The lowest BCUT2D eigenvalue weighted by atomic mass is 9.96. The van der Waals surface area contributed by atoms with Crippen molar-refractivity contribution in [3.63, 3.8) is 0 Å². The van der Waals surface area contributed by atoms with Crippen LogP contribution in [0.1, 0.15) is 33.1 Å². The smallest absolute Gasteiger partial charge is 0.323 e. The molecule has 0 aliphatic rings. The predicted molar refractivity (Wildman–Crippen MR) is 54.8 cm³/mol. The number of hydrogen-bond acceptors (Lipinski definition) is 2. The first-order valence-electron chi connectivity index (χ1n) is 4.71. The summed E-state index contributed by atoms with van der Waals surface area (Å²) in [5.41, 5.74) is 9.84. The minimum atomic E-state index is -1.11. The number of amidine groups is 1. The van der Waals surface area contributed by atoms with E-state index < -0.39 is 11.5 Å². The normalized spacial score (nSPS) is 16.4. The lowest BCUT2D eigenvalue weighted by molar-refractivity contribution is -0.459. The molecule has 0 rings (SSSR count). The predicted octanol–water partition coefficient (Wildman–Crippen LogP) is -1.58. The Hall–Kier alpha value is -1.10. The molecule has 5 heteroatoms. The van der Waals surface area contributed by atoms with Gasteiger partial charge in [0.2, 0.25) is 5.84 Å². The van der Waals surface area contributed by atoms with Crippen molar-refractivity contribution >= 4 is 11.8 Å². The maximum Gasteiger partial charge on any atom is 0.323 e. The van der Waals surface area contributed by atoms with Crippen molar-refractivity contribution in [3.8, 4) is 0 Å². The highest BCUT2D eigenvalue weighted by atomic mass is 16.4. The Bertz CT molecular complexity index is 220. The summed E-state index contributed by atoms with van der Waals surface area (Å²) < 4.78 is 0. The molecule has 0 bridgehead atoms. The van der Waals surface area contributed by atoms with Crippen LogP contribution in [-0.4, -0.2) is 29.0 Å². The molecule has 0 aliphatic carbocycles.